The number of ether oxygens (including phenoxy) is 9. The maximum absolute atomic E-state index is 12.1. The topological polar surface area (TPSA) is 168 Å². The van der Waals surface area contributed by atoms with E-state index in [1.807, 2.05) is 0 Å². The van der Waals surface area contributed by atoms with Crippen LogP contribution in [0.4, 0.5) is 0 Å². The van der Waals surface area contributed by atoms with Crippen LogP contribution in [0.5, 0.6) is 0 Å². The third-order valence-electron chi connectivity index (χ3n) is 12.9. The smallest absolute Gasteiger partial charge is 0.309 e. The molecule has 7 unspecified atom stereocenters. The van der Waals surface area contributed by atoms with E-state index in [1.165, 1.54) is 38.5 Å². The second-order valence-corrected chi connectivity index (χ2v) is 17.9. The molecule has 324 valence electrons. The van der Waals surface area contributed by atoms with Crippen LogP contribution in [-0.4, -0.2) is 138 Å². The number of carbonyl (C=O) groups is 2. The molecule has 13 heteroatoms. The van der Waals surface area contributed by atoms with Crippen molar-refractivity contribution < 1.29 is 62.4 Å². The Kier molecular flexibility index (Phi) is 18.6. The largest absolute Gasteiger partial charge is 0.463 e. The van der Waals surface area contributed by atoms with E-state index in [0.29, 0.717) is 77.7 Å². The average Bonchev–Trinajstić information content (AvgIpc) is 3.98. The second kappa shape index (κ2) is 22.8. The van der Waals surface area contributed by atoms with E-state index < -0.39 is 12.2 Å². The Morgan fingerprint density at radius 2 is 0.964 bits per heavy atom. The SMILES string of the molecule is C.CC(C)(C1CCC(OCC(O)COCC2CC2)CC1)C1CCC(OCC(O)COCC2CO2)CC1.O=C(OCC1CO1)C1CCCCC1C(=O)OCC1CO1. The highest BCUT2D eigenvalue weighted by Crippen LogP contribution is 2.49. The highest BCUT2D eigenvalue weighted by Gasteiger charge is 2.42. The number of esters is 2. The van der Waals surface area contributed by atoms with Gasteiger partial charge >= 0.3 is 11.9 Å². The van der Waals surface area contributed by atoms with Crippen molar-refractivity contribution in [3.05, 3.63) is 0 Å². The maximum Gasteiger partial charge on any atom is 0.309 e. The Morgan fingerprint density at radius 3 is 1.36 bits per heavy atom. The van der Waals surface area contributed by atoms with Crippen LogP contribution in [0.3, 0.4) is 0 Å². The third kappa shape index (κ3) is 16.0. The summed E-state index contributed by atoms with van der Waals surface area (Å²) in [5.74, 6) is 0.878. The molecule has 0 aromatic heterocycles. The summed E-state index contributed by atoms with van der Waals surface area (Å²) in [5, 5.41) is 20.2. The summed E-state index contributed by atoms with van der Waals surface area (Å²) < 4.78 is 48.7. The lowest BCUT2D eigenvalue weighted by atomic mass is 9.60. The van der Waals surface area contributed by atoms with Crippen LogP contribution in [0.1, 0.15) is 111 Å². The molecule has 3 heterocycles. The van der Waals surface area contributed by atoms with Crippen molar-refractivity contribution in [2.45, 2.75) is 154 Å². The number of epoxide rings is 3. The van der Waals surface area contributed by atoms with Crippen LogP contribution in [0, 0.1) is 35.0 Å². The van der Waals surface area contributed by atoms with Gasteiger partial charge in [0.1, 0.15) is 43.7 Å². The first-order chi connectivity index (χ1) is 26.6. The third-order valence-corrected chi connectivity index (χ3v) is 12.9. The maximum atomic E-state index is 12.1. The molecule has 7 aliphatic rings. The van der Waals surface area contributed by atoms with Crippen LogP contribution in [-0.2, 0) is 52.2 Å². The Bertz CT molecular complexity index is 1050. The highest BCUT2D eigenvalue weighted by atomic mass is 16.6. The number of carbonyl (C=O) groups excluding carboxylic acids is 2. The quantitative estimate of drug-likeness (QED) is 0.111. The number of hydrogen-bond acceptors (Lipinski definition) is 13. The summed E-state index contributed by atoms with van der Waals surface area (Å²) in [6.45, 7) is 10.5. The van der Waals surface area contributed by atoms with Gasteiger partial charge in [0.05, 0.1) is 76.9 Å². The average molecular weight is 799 g/mol. The number of aliphatic hydroxyl groups is 2. The van der Waals surface area contributed by atoms with E-state index in [4.69, 9.17) is 42.6 Å². The molecule has 3 saturated heterocycles. The van der Waals surface area contributed by atoms with Crippen molar-refractivity contribution in [3.8, 4) is 0 Å². The summed E-state index contributed by atoms with van der Waals surface area (Å²) in [6, 6.07) is 0. The first kappa shape index (κ1) is 45.7. The lowest BCUT2D eigenvalue weighted by Gasteiger charge is -2.46. The summed E-state index contributed by atoms with van der Waals surface area (Å²) in [5.41, 5.74) is 0.324. The standard InChI is InChI=1S/C28H50O7.C14H20O6.CH4/c1-28(2,21-5-9-25(10-6-21)33-16-23(29)14-31-13-20-3-4-20)22-7-11-26(12-8-22)34-17-24(30)15-32-18-27-19-35-27;15-13(19-7-9-5-17-9)11-3-1-2-4-12(11)14(16)20-8-10-6-18-10;/h20-27,29-30H,3-19H2,1-2H3;9-12H,1-8H2;1H4. The van der Waals surface area contributed by atoms with Gasteiger partial charge in [-0.25, -0.2) is 0 Å². The highest BCUT2D eigenvalue weighted by molar-refractivity contribution is 5.82. The molecule has 0 bridgehead atoms. The Hall–Kier alpha value is -1.42. The summed E-state index contributed by atoms with van der Waals surface area (Å²) in [7, 11) is 0. The normalized spacial score (nSPS) is 33.5. The van der Waals surface area contributed by atoms with Crippen molar-refractivity contribution in [1.29, 1.82) is 0 Å². The van der Waals surface area contributed by atoms with Gasteiger partial charge in [-0.3, -0.25) is 9.59 Å². The summed E-state index contributed by atoms with van der Waals surface area (Å²) in [4.78, 5) is 24.2. The Morgan fingerprint density at radius 1 is 0.571 bits per heavy atom. The Labute approximate surface area is 335 Å². The number of rotatable bonds is 22. The summed E-state index contributed by atoms with van der Waals surface area (Å²) in [6.07, 6.45) is 14.8. The fourth-order valence-corrected chi connectivity index (χ4v) is 8.61. The minimum atomic E-state index is -0.559. The lowest BCUT2D eigenvalue weighted by molar-refractivity contribution is -0.163. The van der Waals surface area contributed by atoms with Crippen molar-refractivity contribution in [2.24, 2.45) is 35.0 Å². The van der Waals surface area contributed by atoms with E-state index in [0.717, 1.165) is 69.5 Å². The fourth-order valence-electron chi connectivity index (χ4n) is 8.61. The van der Waals surface area contributed by atoms with Gasteiger partial charge in [0.2, 0.25) is 0 Å². The van der Waals surface area contributed by atoms with Gasteiger partial charge < -0.3 is 52.8 Å². The van der Waals surface area contributed by atoms with E-state index in [1.54, 1.807) is 0 Å². The molecule has 0 spiro atoms. The molecule has 56 heavy (non-hydrogen) atoms. The van der Waals surface area contributed by atoms with Gasteiger partial charge in [-0.05, 0) is 100 Å². The molecule has 13 nitrogen and oxygen atoms in total. The van der Waals surface area contributed by atoms with Crippen LogP contribution < -0.4 is 0 Å². The first-order valence-electron chi connectivity index (χ1n) is 21.6. The predicted octanol–water partition coefficient (Wildman–Crippen LogP) is 5.04. The molecule has 0 aromatic carbocycles. The number of hydrogen-bond donors (Lipinski definition) is 2. The van der Waals surface area contributed by atoms with Gasteiger partial charge in [0.25, 0.3) is 0 Å². The molecule has 0 radical (unpaired) electrons. The van der Waals surface area contributed by atoms with Crippen molar-refractivity contribution >= 4 is 11.9 Å². The van der Waals surface area contributed by atoms with E-state index in [9.17, 15) is 19.8 Å². The van der Waals surface area contributed by atoms with Gasteiger partial charge in [0, 0.05) is 6.61 Å². The van der Waals surface area contributed by atoms with Crippen LogP contribution in [0.2, 0.25) is 0 Å². The molecule has 2 N–H and O–H groups in total. The first-order valence-corrected chi connectivity index (χ1v) is 21.6. The molecule has 4 saturated carbocycles. The summed E-state index contributed by atoms with van der Waals surface area (Å²) >= 11 is 0. The lowest BCUT2D eigenvalue weighted by Crippen LogP contribution is -2.39. The van der Waals surface area contributed by atoms with Crippen molar-refractivity contribution in [1.82, 2.24) is 0 Å². The fraction of sp³-hybridized carbons (Fsp3) is 0.953. The van der Waals surface area contributed by atoms with Gasteiger partial charge in [-0.2, -0.15) is 0 Å². The minimum absolute atomic E-state index is 0. The molecule has 7 atom stereocenters. The van der Waals surface area contributed by atoms with E-state index in [-0.39, 0.29) is 61.7 Å². The molecule has 4 aliphatic carbocycles. The van der Waals surface area contributed by atoms with Crippen molar-refractivity contribution in [3.63, 3.8) is 0 Å². The van der Waals surface area contributed by atoms with Crippen LogP contribution in [0.25, 0.3) is 0 Å². The molecule has 3 aliphatic heterocycles. The zero-order valence-corrected chi connectivity index (χ0v) is 33.5. The van der Waals surface area contributed by atoms with Crippen LogP contribution >= 0.6 is 0 Å². The molecule has 0 amide bonds. The molecular formula is C43H74O13. The van der Waals surface area contributed by atoms with E-state index >= 15 is 0 Å². The van der Waals surface area contributed by atoms with Crippen LogP contribution in [0.15, 0.2) is 0 Å². The minimum Gasteiger partial charge on any atom is -0.463 e. The molecule has 0 aromatic rings. The predicted molar refractivity (Wildman–Crippen MR) is 207 cm³/mol. The monoisotopic (exact) mass is 799 g/mol. The molecule has 7 rings (SSSR count). The second-order valence-electron chi connectivity index (χ2n) is 17.9. The molecular weight excluding hydrogens is 724 g/mol. The van der Waals surface area contributed by atoms with Gasteiger partial charge in [-0.1, -0.05) is 34.1 Å². The van der Waals surface area contributed by atoms with Gasteiger partial charge in [0.15, 0.2) is 0 Å². The van der Waals surface area contributed by atoms with Crippen molar-refractivity contribution in [2.75, 3.05) is 72.7 Å². The zero-order chi connectivity index (χ0) is 38.6. The van der Waals surface area contributed by atoms with Gasteiger partial charge in [-0.15, -0.1) is 0 Å². The Balaban J connectivity index is 0.000000242. The zero-order valence-electron chi connectivity index (χ0n) is 33.5. The molecule has 7 fully saturated rings. The number of aliphatic hydroxyl groups excluding tert-OH is 2. The van der Waals surface area contributed by atoms with E-state index in [2.05, 4.69) is 13.8 Å².